The molecule has 0 atom stereocenters. The third-order valence-corrected chi connectivity index (χ3v) is 4.79. The molecule has 8 nitrogen and oxygen atoms in total. The highest BCUT2D eigenvalue weighted by Gasteiger charge is 2.12. The van der Waals surface area contributed by atoms with Gasteiger partial charge in [-0.15, -0.1) is 0 Å². The zero-order valence-electron chi connectivity index (χ0n) is 14.6. The summed E-state index contributed by atoms with van der Waals surface area (Å²) in [6, 6.07) is 16.2. The van der Waals surface area contributed by atoms with E-state index in [0.29, 0.717) is 22.4 Å². The minimum atomic E-state index is -1.40. The van der Waals surface area contributed by atoms with Gasteiger partial charge in [0.1, 0.15) is 17.0 Å². The maximum atomic E-state index is 11.5. The van der Waals surface area contributed by atoms with Crippen molar-refractivity contribution in [3.8, 4) is 11.3 Å². The summed E-state index contributed by atoms with van der Waals surface area (Å²) in [5.74, 6) is -0.678. The number of nitro benzene ring substituents is 1. The van der Waals surface area contributed by atoms with E-state index in [1.54, 1.807) is 48.5 Å². The molecule has 0 saturated carbocycles. The Kier molecular flexibility index (Phi) is 4.88. The highest BCUT2D eigenvalue weighted by Crippen LogP contribution is 2.31. The van der Waals surface area contributed by atoms with Crippen molar-refractivity contribution in [2.24, 2.45) is 0 Å². The van der Waals surface area contributed by atoms with Crippen molar-refractivity contribution >= 4 is 40.6 Å². The van der Waals surface area contributed by atoms with Gasteiger partial charge in [0.15, 0.2) is 5.58 Å². The van der Waals surface area contributed by atoms with E-state index >= 15 is 0 Å². The van der Waals surface area contributed by atoms with E-state index in [1.807, 2.05) is 0 Å². The quantitative estimate of drug-likeness (QED) is 0.204. The summed E-state index contributed by atoms with van der Waals surface area (Å²) in [6.07, 6.45) is 1.31. The maximum Gasteiger partial charge on any atom is 0.269 e. The summed E-state index contributed by atoms with van der Waals surface area (Å²) in [5.41, 5.74) is 1.75. The normalized spacial score (nSPS) is 11.7. The van der Waals surface area contributed by atoms with E-state index < -0.39 is 10.9 Å². The monoisotopic (exact) mass is 407 g/mol. The molecule has 0 aliphatic carbocycles. The van der Waals surface area contributed by atoms with Crippen LogP contribution in [0.3, 0.4) is 0 Å². The molecule has 0 unspecified atom stereocenters. The Morgan fingerprint density at radius 2 is 1.79 bits per heavy atom. The number of aromatic nitrogens is 1. The molecule has 0 N–H and O–H groups in total. The molecule has 9 heteroatoms. The molecule has 0 saturated heterocycles. The molecule has 0 amide bonds. The molecule has 2 aromatic carbocycles. The van der Waals surface area contributed by atoms with Crippen LogP contribution in [0.5, 0.6) is 0 Å². The minimum absolute atomic E-state index is 0.0330. The number of furan rings is 1. The van der Waals surface area contributed by atoms with Gasteiger partial charge in [0.2, 0.25) is 0 Å². The molecule has 0 bridgehead atoms. The van der Waals surface area contributed by atoms with Crippen LogP contribution in [-0.2, 0) is 4.79 Å². The zero-order valence-corrected chi connectivity index (χ0v) is 15.4. The van der Waals surface area contributed by atoms with Crippen LogP contribution in [-0.4, -0.2) is 15.9 Å². The van der Waals surface area contributed by atoms with E-state index in [-0.39, 0.29) is 21.6 Å². The predicted octanol–water partition coefficient (Wildman–Crippen LogP) is 3.88. The molecule has 4 rings (SSSR count). The Balaban J connectivity index is 1.59. The minimum Gasteiger partial charge on any atom is -0.544 e. The number of hydrogen-bond donors (Lipinski definition) is 0. The summed E-state index contributed by atoms with van der Waals surface area (Å²) in [4.78, 5) is 25.9. The number of carbonyl (C=O) groups is 1. The molecule has 0 spiro atoms. The van der Waals surface area contributed by atoms with Crippen molar-refractivity contribution in [2.75, 3.05) is 0 Å². The van der Waals surface area contributed by atoms with Crippen molar-refractivity contribution in [1.82, 2.24) is 4.98 Å². The summed E-state index contributed by atoms with van der Waals surface area (Å²) in [6.45, 7) is 0. The number of hydrogen-bond acceptors (Lipinski definition) is 8. The average molecular weight is 407 g/mol. The summed E-state index contributed by atoms with van der Waals surface area (Å²) in [5, 5.41) is 22.4. The first-order chi connectivity index (χ1) is 14.0. The summed E-state index contributed by atoms with van der Waals surface area (Å²) >= 11 is 0.814. The van der Waals surface area contributed by atoms with Crippen LogP contribution >= 0.6 is 11.8 Å². The summed E-state index contributed by atoms with van der Waals surface area (Å²) in [7, 11) is 0. The molecule has 0 aliphatic rings. The number of non-ortho nitro benzene ring substituents is 1. The van der Waals surface area contributed by atoms with Gasteiger partial charge in [-0.05, 0) is 54.2 Å². The smallest absolute Gasteiger partial charge is 0.269 e. The molecular weight excluding hydrogens is 396 g/mol. The fraction of sp³-hybridized carbons (Fsp3) is 0. The van der Waals surface area contributed by atoms with Crippen LogP contribution in [0.1, 0.15) is 5.76 Å². The lowest BCUT2D eigenvalue weighted by Gasteiger charge is -2.04. The van der Waals surface area contributed by atoms with Crippen molar-refractivity contribution in [3.05, 3.63) is 81.4 Å². The van der Waals surface area contributed by atoms with Crippen LogP contribution in [0, 0.1) is 10.1 Å². The number of benzene rings is 2. The van der Waals surface area contributed by atoms with Crippen molar-refractivity contribution in [3.63, 3.8) is 0 Å². The number of thioether (sulfide) groups is 1. The van der Waals surface area contributed by atoms with Gasteiger partial charge in [0.25, 0.3) is 10.9 Å². The second-order valence-corrected chi connectivity index (χ2v) is 6.84. The van der Waals surface area contributed by atoms with E-state index in [1.165, 1.54) is 18.2 Å². The molecule has 2 heterocycles. The van der Waals surface area contributed by atoms with E-state index in [0.717, 1.165) is 11.8 Å². The number of carboxylic acids is 1. The molecule has 144 valence electrons. The van der Waals surface area contributed by atoms with E-state index in [4.69, 9.17) is 8.83 Å². The summed E-state index contributed by atoms with van der Waals surface area (Å²) < 4.78 is 11.2. The van der Waals surface area contributed by atoms with Crippen molar-refractivity contribution in [2.45, 2.75) is 5.22 Å². The number of rotatable bonds is 6. The van der Waals surface area contributed by atoms with Crippen LogP contribution < -0.4 is 5.11 Å². The van der Waals surface area contributed by atoms with Crippen molar-refractivity contribution in [1.29, 1.82) is 0 Å². The zero-order chi connectivity index (χ0) is 20.4. The molecule has 0 aliphatic heterocycles. The van der Waals surface area contributed by atoms with Gasteiger partial charge in [-0.2, -0.15) is 0 Å². The number of fused-ring (bicyclic) bond motifs is 1. The Morgan fingerprint density at radius 1 is 1.03 bits per heavy atom. The third-order valence-electron chi connectivity index (χ3n) is 3.94. The van der Waals surface area contributed by atoms with Crippen LogP contribution in [0.4, 0.5) is 5.69 Å². The van der Waals surface area contributed by atoms with Gasteiger partial charge >= 0.3 is 0 Å². The Morgan fingerprint density at radius 3 is 2.48 bits per heavy atom. The van der Waals surface area contributed by atoms with Gasteiger partial charge in [0, 0.05) is 22.6 Å². The van der Waals surface area contributed by atoms with Gasteiger partial charge in [-0.1, -0.05) is 12.1 Å². The lowest BCUT2D eigenvalue weighted by atomic mass is 10.1. The number of carbonyl (C=O) groups excluding carboxylic acids is 1. The fourth-order valence-corrected chi connectivity index (χ4v) is 3.30. The lowest BCUT2D eigenvalue weighted by molar-refractivity contribution is -0.384. The van der Waals surface area contributed by atoms with Crippen LogP contribution in [0.25, 0.3) is 28.5 Å². The highest BCUT2D eigenvalue weighted by molar-refractivity contribution is 8.03. The predicted molar refractivity (Wildman–Crippen MR) is 104 cm³/mol. The molecule has 0 radical (unpaired) electrons. The Hall–Kier alpha value is -3.85. The first-order valence-electron chi connectivity index (χ1n) is 8.31. The third kappa shape index (κ3) is 4.04. The molecule has 4 aromatic rings. The van der Waals surface area contributed by atoms with Crippen LogP contribution in [0.2, 0.25) is 0 Å². The largest absolute Gasteiger partial charge is 0.544 e. The second-order valence-electron chi connectivity index (χ2n) is 5.85. The Labute approximate surface area is 167 Å². The fourth-order valence-electron chi connectivity index (χ4n) is 2.58. The molecule has 0 fully saturated rings. The van der Waals surface area contributed by atoms with Gasteiger partial charge in [0.05, 0.1) is 10.9 Å². The number of para-hydroxylation sites is 2. The first kappa shape index (κ1) is 18.5. The molecule has 29 heavy (non-hydrogen) atoms. The Bertz CT molecular complexity index is 1210. The van der Waals surface area contributed by atoms with Gasteiger partial charge < -0.3 is 18.7 Å². The second kappa shape index (κ2) is 7.64. The number of oxazole rings is 1. The van der Waals surface area contributed by atoms with E-state index in [2.05, 4.69) is 4.98 Å². The number of aliphatic carboxylic acids is 1. The lowest BCUT2D eigenvalue weighted by Crippen LogP contribution is -2.22. The van der Waals surface area contributed by atoms with Gasteiger partial charge in [-0.3, -0.25) is 10.1 Å². The average Bonchev–Trinajstić information content (AvgIpc) is 3.34. The van der Waals surface area contributed by atoms with Crippen LogP contribution in [0.15, 0.2) is 79.6 Å². The topological polar surface area (TPSA) is 122 Å². The molecule has 2 aromatic heterocycles. The molecular formula is C20H11N2O6S-. The maximum absolute atomic E-state index is 11.5. The van der Waals surface area contributed by atoms with Crippen molar-refractivity contribution < 1.29 is 23.7 Å². The SMILES string of the molecule is O=C([O-])/C(=C/c1ccc(-c2ccc([N+](=O)[O-])cc2)o1)Sc1nc2ccccc2o1. The number of carboxylic acid groups (broad SMARTS) is 1. The standard InChI is InChI=1S/C20H12N2O6S/c23-19(24)18(29-20-21-15-3-1-2-4-17(15)28-20)11-14-9-10-16(27-14)12-5-7-13(8-6-12)22(25)26/h1-11H,(H,23,24)/p-1/b18-11-. The first-order valence-corrected chi connectivity index (χ1v) is 9.12. The highest BCUT2D eigenvalue weighted by atomic mass is 32.2. The number of nitro groups is 1. The van der Waals surface area contributed by atoms with E-state index in [9.17, 15) is 20.0 Å². The number of nitrogens with zero attached hydrogens (tertiary/aromatic N) is 2. The van der Waals surface area contributed by atoms with Gasteiger partial charge in [-0.25, -0.2) is 4.98 Å².